The van der Waals surface area contributed by atoms with E-state index in [2.05, 4.69) is 45.0 Å². The molecule has 2 saturated carbocycles. The minimum Gasteiger partial charge on any atom is -0.278 e. The number of hydrogen-bond acceptors (Lipinski definition) is 3. The van der Waals surface area contributed by atoms with Crippen LogP contribution in [0.4, 0.5) is 0 Å². The summed E-state index contributed by atoms with van der Waals surface area (Å²) >= 11 is 0. The molecule has 0 N–H and O–H groups in total. The molecule has 4 heteroatoms. The van der Waals surface area contributed by atoms with E-state index in [4.69, 9.17) is 0 Å². The Morgan fingerprint density at radius 3 is 2.21 bits per heavy atom. The minimum absolute atomic E-state index is 0.742. The van der Waals surface area contributed by atoms with E-state index in [1.807, 2.05) is 0 Å². The Labute approximate surface area is 145 Å². The Morgan fingerprint density at radius 1 is 0.958 bits per heavy atom. The topological polar surface area (TPSA) is 34.0 Å². The average Bonchev–Trinajstić information content (AvgIpc) is 3.05. The fraction of sp³-hybridized carbons (Fsp3) is 0.700. The van der Waals surface area contributed by atoms with Crippen molar-refractivity contribution in [3.8, 4) is 0 Å². The van der Waals surface area contributed by atoms with Crippen LogP contribution in [0.3, 0.4) is 0 Å². The molecule has 0 spiro atoms. The maximum absolute atomic E-state index is 4.51. The molecule has 0 atom stereocenters. The monoisotopic (exact) mass is 326 g/mol. The fourth-order valence-corrected chi connectivity index (χ4v) is 4.74. The van der Waals surface area contributed by atoms with Crippen molar-refractivity contribution in [1.29, 1.82) is 0 Å². The first kappa shape index (κ1) is 16.1. The standard InChI is InChI=1S/C20H30N4/c1-16-9-8-14-19-20(16)21-22-24(19)15-23(17-10-4-2-5-11-17)18-12-6-3-7-13-18/h8-9,14,17-18H,2-7,10-13,15H2,1H3. The van der Waals surface area contributed by atoms with Crippen molar-refractivity contribution in [2.45, 2.75) is 89.9 Å². The maximum atomic E-state index is 4.51. The van der Waals surface area contributed by atoms with E-state index in [9.17, 15) is 0 Å². The number of benzene rings is 1. The third-order valence-electron chi connectivity index (χ3n) is 6.13. The van der Waals surface area contributed by atoms with Crippen molar-refractivity contribution in [2.75, 3.05) is 0 Å². The van der Waals surface area contributed by atoms with Gasteiger partial charge in [0.1, 0.15) is 5.52 Å². The number of aromatic nitrogens is 3. The van der Waals surface area contributed by atoms with Gasteiger partial charge in [-0.05, 0) is 44.2 Å². The second-order valence-corrected chi connectivity index (χ2v) is 7.77. The molecule has 0 radical (unpaired) electrons. The summed E-state index contributed by atoms with van der Waals surface area (Å²) in [4.78, 5) is 2.79. The first-order chi connectivity index (χ1) is 11.8. The molecular formula is C20H30N4. The summed E-state index contributed by atoms with van der Waals surface area (Å²) < 4.78 is 2.14. The lowest BCUT2D eigenvalue weighted by atomic mass is 9.89. The SMILES string of the molecule is Cc1cccc2c1nnn2CN(C1CCCCC1)C1CCCCC1. The Hall–Kier alpha value is -1.42. The molecule has 0 saturated heterocycles. The summed E-state index contributed by atoms with van der Waals surface area (Å²) in [5.74, 6) is 0. The van der Waals surface area contributed by atoms with Crippen molar-refractivity contribution in [3.05, 3.63) is 23.8 Å². The lowest BCUT2D eigenvalue weighted by molar-refractivity contribution is 0.0468. The van der Waals surface area contributed by atoms with Crippen LogP contribution in [0.15, 0.2) is 18.2 Å². The zero-order valence-corrected chi connectivity index (χ0v) is 15.0. The molecule has 2 aliphatic rings. The van der Waals surface area contributed by atoms with Gasteiger partial charge in [-0.3, -0.25) is 4.90 Å². The Balaban J connectivity index is 1.61. The summed E-state index contributed by atoms with van der Waals surface area (Å²) in [6, 6.07) is 7.91. The molecule has 2 aromatic rings. The van der Waals surface area contributed by atoms with Crippen molar-refractivity contribution < 1.29 is 0 Å². The molecule has 0 unspecified atom stereocenters. The van der Waals surface area contributed by atoms with Gasteiger partial charge in [0.2, 0.25) is 0 Å². The Morgan fingerprint density at radius 2 is 1.58 bits per heavy atom. The number of rotatable bonds is 4. The predicted molar refractivity (Wildman–Crippen MR) is 97.9 cm³/mol. The number of aryl methyl sites for hydroxylation is 1. The molecule has 0 amide bonds. The summed E-state index contributed by atoms with van der Waals surface area (Å²) in [7, 11) is 0. The van der Waals surface area contributed by atoms with Gasteiger partial charge >= 0.3 is 0 Å². The van der Waals surface area contributed by atoms with E-state index in [0.29, 0.717) is 0 Å². The van der Waals surface area contributed by atoms with Crippen LogP contribution in [0.5, 0.6) is 0 Å². The summed E-state index contributed by atoms with van der Waals surface area (Å²) in [5, 5.41) is 8.96. The number of fused-ring (bicyclic) bond motifs is 1. The maximum Gasteiger partial charge on any atom is 0.116 e. The highest BCUT2D eigenvalue weighted by Crippen LogP contribution is 2.31. The van der Waals surface area contributed by atoms with Gasteiger partial charge in [0, 0.05) is 12.1 Å². The normalized spacial score (nSPS) is 20.9. The van der Waals surface area contributed by atoms with Crippen LogP contribution >= 0.6 is 0 Å². The molecule has 0 aliphatic heterocycles. The van der Waals surface area contributed by atoms with Crippen molar-refractivity contribution in [3.63, 3.8) is 0 Å². The van der Waals surface area contributed by atoms with Gasteiger partial charge < -0.3 is 0 Å². The minimum atomic E-state index is 0.742. The Kier molecular flexibility index (Phi) is 4.83. The second-order valence-electron chi connectivity index (χ2n) is 7.77. The van der Waals surface area contributed by atoms with Gasteiger partial charge in [0.25, 0.3) is 0 Å². The first-order valence-electron chi connectivity index (χ1n) is 9.87. The van der Waals surface area contributed by atoms with E-state index in [1.165, 1.54) is 75.3 Å². The molecule has 1 aromatic heterocycles. The van der Waals surface area contributed by atoms with Crippen LogP contribution in [0.25, 0.3) is 11.0 Å². The molecule has 0 bridgehead atoms. The molecular weight excluding hydrogens is 296 g/mol. The van der Waals surface area contributed by atoms with Gasteiger partial charge in [-0.2, -0.15) is 0 Å². The quantitative estimate of drug-likeness (QED) is 0.819. The average molecular weight is 326 g/mol. The zero-order chi connectivity index (χ0) is 16.4. The highest BCUT2D eigenvalue weighted by Gasteiger charge is 2.29. The fourth-order valence-electron chi connectivity index (χ4n) is 4.74. The smallest absolute Gasteiger partial charge is 0.116 e. The zero-order valence-electron chi connectivity index (χ0n) is 15.0. The summed E-state index contributed by atoms with van der Waals surface area (Å²) in [5.41, 5.74) is 3.47. The van der Waals surface area contributed by atoms with Gasteiger partial charge in [-0.15, -0.1) is 5.10 Å². The van der Waals surface area contributed by atoms with Crippen LogP contribution in [-0.4, -0.2) is 32.0 Å². The molecule has 2 fully saturated rings. The third-order valence-corrected chi connectivity index (χ3v) is 6.13. The molecule has 2 aliphatic carbocycles. The first-order valence-corrected chi connectivity index (χ1v) is 9.87. The number of hydrogen-bond donors (Lipinski definition) is 0. The van der Waals surface area contributed by atoms with Crippen molar-refractivity contribution in [2.24, 2.45) is 0 Å². The van der Waals surface area contributed by atoms with Crippen LogP contribution in [0.1, 0.15) is 69.8 Å². The molecule has 4 rings (SSSR count). The summed E-state index contributed by atoms with van der Waals surface area (Å²) in [6.45, 7) is 3.04. The van der Waals surface area contributed by atoms with Crippen LogP contribution in [-0.2, 0) is 6.67 Å². The van der Waals surface area contributed by atoms with E-state index < -0.39 is 0 Å². The van der Waals surface area contributed by atoms with Crippen molar-refractivity contribution >= 4 is 11.0 Å². The van der Waals surface area contributed by atoms with E-state index in [1.54, 1.807) is 0 Å². The van der Waals surface area contributed by atoms with Gasteiger partial charge in [-0.1, -0.05) is 55.9 Å². The third kappa shape index (κ3) is 3.21. The highest BCUT2D eigenvalue weighted by molar-refractivity contribution is 5.77. The van der Waals surface area contributed by atoms with E-state index in [0.717, 1.165) is 24.3 Å². The highest BCUT2D eigenvalue weighted by atomic mass is 15.5. The lowest BCUT2D eigenvalue weighted by Gasteiger charge is -2.41. The van der Waals surface area contributed by atoms with Crippen molar-refractivity contribution in [1.82, 2.24) is 19.9 Å². The number of nitrogens with zero attached hydrogens (tertiary/aromatic N) is 4. The van der Waals surface area contributed by atoms with Crippen LogP contribution in [0, 0.1) is 6.92 Å². The van der Waals surface area contributed by atoms with Crippen LogP contribution < -0.4 is 0 Å². The molecule has 1 aromatic carbocycles. The second kappa shape index (κ2) is 7.22. The molecule has 24 heavy (non-hydrogen) atoms. The predicted octanol–water partition coefficient (Wildman–Crippen LogP) is 4.66. The van der Waals surface area contributed by atoms with Gasteiger partial charge in [-0.25, -0.2) is 4.68 Å². The lowest BCUT2D eigenvalue weighted by Crippen LogP contribution is -2.46. The van der Waals surface area contributed by atoms with E-state index >= 15 is 0 Å². The van der Waals surface area contributed by atoms with E-state index in [-0.39, 0.29) is 0 Å². The molecule has 4 nitrogen and oxygen atoms in total. The van der Waals surface area contributed by atoms with Crippen LogP contribution in [0.2, 0.25) is 0 Å². The van der Waals surface area contributed by atoms with Gasteiger partial charge in [0.15, 0.2) is 0 Å². The summed E-state index contributed by atoms with van der Waals surface area (Å²) in [6.07, 6.45) is 13.9. The molecule has 130 valence electrons. The van der Waals surface area contributed by atoms with Gasteiger partial charge in [0.05, 0.1) is 12.2 Å². The Bertz CT molecular complexity index is 647. The largest absolute Gasteiger partial charge is 0.278 e. The molecule has 1 heterocycles.